The van der Waals surface area contributed by atoms with Crippen LogP contribution >= 0.6 is 12.4 Å². The molecule has 1 unspecified atom stereocenters. The molecule has 0 N–H and O–H groups in total. The predicted octanol–water partition coefficient (Wildman–Crippen LogP) is 2.72. The van der Waals surface area contributed by atoms with Gasteiger partial charge in [0.2, 0.25) is 0 Å². The standard InChI is InChI=1S/C16H32N6.ClH/c1-6-8-9-14(21-12-10-20(5)11-13-21)15-17-18-19-22(15)16(3,4)7-2;/h14H,6-13H2,1-5H3;1H. The molecular formula is C16H33ClN6. The lowest BCUT2D eigenvalue weighted by Gasteiger charge is -2.38. The van der Waals surface area contributed by atoms with E-state index in [0.717, 1.165) is 44.8 Å². The summed E-state index contributed by atoms with van der Waals surface area (Å²) in [5, 5.41) is 12.7. The van der Waals surface area contributed by atoms with Gasteiger partial charge in [0.1, 0.15) is 0 Å². The highest BCUT2D eigenvalue weighted by Crippen LogP contribution is 2.29. The van der Waals surface area contributed by atoms with Crippen LogP contribution in [0, 0.1) is 0 Å². The van der Waals surface area contributed by atoms with E-state index in [9.17, 15) is 0 Å². The molecule has 23 heavy (non-hydrogen) atoms. The van der Waals surface area contributed by atoms with Crippen LogP contribution in [0.15, 0.2) is 0 Å². The van der Waals surface area contributed by atoms with Crippen LogP contribution in [0.25, 0.3) is 0 Å². The highest BCUT2D eigenvalue weighted by Gasteiger charge is 2.32. The van der Waals surface area contributed by atoms with E-state index in [1.165, 1.54) is 12.8 Å². The topological polar surface area (TPSA) is 50.1 Å². The molecule has 1 saturated heterocycles. The number of tetrazole rings is 1. The number of nitrogens with zero attached hydrogens (tertiary/aromatic N) is 6. The van der Waals surface area contributed by atoms with Gasteiger partial charge in [0.25, 0.3) is 0 Å². The molecule has 1 aliphatic heterocycles. The third-order valence-corrected chi connectivity index (χ3v) is 5.04. The SMILES string of the molecule is CCCCC(c1nnnn1C(C)(C)CC)N1CCN(C)CC1.Cl. The van der Waals surface area contributed by atoms with Crippen LogP contribution in [-0.2, 0) is 5.54 Å². The summed E-state index contributed by atoms with van der Waals surface area (Å²) in [7, 11) is 2.20. The maximum atomic E-state index is 4.42. The number of hydrogen-bond donors (Lipinski definition) is 0. The summed E-state index contributed by atoms with van der Waals surface area (Å²) in [5.41, 5.74) is -0.0319. The van der Waals surface area contributed by atoms with Gasteiger partial charge in [-0.15, -0.1) is 17.5 Å². The predicted molar refractivity (Wildman–Crippen MR) is 96.0 cm³/mol. The molecule has 7 heteroatoms. The number of unbranched alkanes of at least 4 members (excludes halogenated alkanes) is 1. The molecular weight excluding hydrogens is 312 g/mol. The first-order valence-electron chi connectivity index (χ1n) is 8.71. The van der Waals surface area contributed by atoms with E-state index < -0.39 is 0 Å². The first-order valence-corrected chi connectivity index (χ1v) is 8.71. The van der Waals surface area contributed by atoms with Gasteiger partial charge in [0, 0.05) is 26.2 Å². The second-order valence-electron chi connectivity index (χ2n) is 7.11. The lowest BCUT2D eigenvalue weighted by Crippen LogP contribution is -2.47. The number of piperazine rings is 1. The fourth-order valence-electron chi connectivity index (χ4n) is 2.99. The quantitative estimate of drug-likeness (QED) is 0.761. The Labute approximate surface area is 147 Å². The zero-order chi connectivity index (χ0) is 16.2. The summed E-state index contributed by atoms with van der Waals surface area (Å²) in [5.74, 6) is 1.05. The van der Waals surface area contributed by atoms with Crippen molar-refractivity contribution in [2.75, 3.05) is 33.2 Å². The molecule has 2 heterocycles. The Hall–Kier alpha value is -0.720. The van der Waals surface area contributed by atoms with Gasteiger partial charge in [-0.25, -0.2) is 4.68 Å². The van der Waals surface area contributed by atoms with E-state index in [-0.39, 0.29) is 17.9 Å². The van der Waals surface area contributed by atoms with Gasteiger partial charge in [-0.3, -0.25) is 4.90 Å². The number of likely N-dealkylation sites (N-methyl/N-ethyl adjacent to an activating group) is 1. The van der Waals surface area contributed by atoms with E-state index in [1.807, 2.05) is 0 Å². The molecule has 0 amide bonds. The lowest BCUT2D eigenvalue weighted by molar-refractivity contribution is 0.0946. The molecule has 134 valence electrons. The highest BCUT2D eigenvalue weighted by atomic mass is 35.5. The van der Waals surface area contributed by atoms with Crippen LogP contribution < -0.4 is 0 Å². The van der Waals surface area contributed by atoms with Crippen LogP contribution in [0.3, 0.4) is 0 Å². The van der Waals surface area contributed by atoms with Crippen molar-refractivity contribution in [3.8, 4) is 0 Å². The number of halogens is 1. The Balaban J connectivity index is 0.00000264. The molecule has 0 bridgehead atoms. The monoisotopic (exact) mass is 344 g/mol. The fourth-order valence-corrected chi connectivity index (χ4v) is 2.99. The molecule has 0 aliphatic carbocycles. The van der Waals surface area contributed by atoms with Crippen molar-refractivity contribution in [3.63, 3.8) is 0 Å². The number of aromatic nitrogens is 4. The molecule has 1 aromatic heterocycles. The van der Waals surface area contributed by atoms with Crippen LogP contribution in [0.5, 0.6) is 0 Å². The van der Waals surface area contributed by atoms with Gasteiger partial charge in [0.15, 0.2) is 5.82 Å². The molecule has 0 radical (unpaired) electrons. The van der Waals surface area contributed by atoms with Gasteiger partial charge in [-0.2, -0.15) is 0 Å². The Morgan fingerprint density at radius 1 is 1.13 bits per heavy atom. The Kier molecular flexibility index (Phi) is 7.90. The lowest BCUT2D eigenvalue weighted by atomic mass is 10.00. The molecule has 2 rings (SSSR count). The zero-order valence-corrected chi connectivity index (χ0v) is 16.1. The van der Waals surface area contributed by atoms with Crippen LogP contribution in [-0.4, -0.2) is 63.2 Å². The minimum Gasteiger partial charge on any atom is -0.304 e. The van der Waals surface area contributed by atoms with Crippen molar-refractivity contribution >= 4 is 12.4 Å². The second kappa shape index (κ2) is 8.94. The van der Waals surface area contributed by atoms with E-state index in [4.69, 9.17) is 0 Å². The van der Waals surface area contributed by atoms with Crippen molar-refractivity contribution in [2.24, 2.45) is 0 Å². The first-order chi connectivity index (χ1) is 10.5. The van der Waals surface area contributed by atoms with E-state index in [1.54, 1.807) is 0 Å². The summed E-state index contributed by atoms with van der Waals surface area (Å²) in [6.07, 6.45) is 4.59. The van der Waals surface area contributed by atoms with Gasteiger partial charge >= 0.3 is 0 Å². The Morgan fingerprint density at radius 2 is 1.78 bits per heavy atom. The highest BCUT2D eigenvalue weighted by molar-refractivity contribution is 5.85. The van der Waals surface area contributed by atoms with Crippen molar-refractivity contribution in [1.29, 1.82) is 0 Å². The molecule has 0 aromatic carbocycles. The summed E-state index contributed by atoms with van der Waals surface area (Å²) < 4.78 is 2.06. The summed E-state index contributed by atoms with van der Waals surface area (Å²) in [6.45, 7) is 13.3. The van der Waals surface area contributed by atoms with Crippen LogP contribution in [0.2, 0.25) is 0 Å². The third kappa shape index (κ3) is 4.88. The van der Waals surface area contributed by atoms with Crippen LogP contribution in [0.1, 0.15) is 65.2 Å². The summed E-state index contributed by atoms with van der Waals surface area (Å²) in [6, 6.07) is 0.342. The smallest absolute Gasteiger partial charge is 0.168 e. The number of hydrogen-bond acceptors (Lipinski definition) is 5. The minimum absolute atomic E-state index is 0. The van der Waals surface area contributed by atoms with Crippen LogP contribution in [0.4, 0.5) is 0 Å². The first kappa shape index (κ1) is 20.3. The zero-order valence-electron chi connectivity index (χ0n) is 15.3. The molecule has 1 atom stereocenters. The van der Waals surface area contributed by atoms with E-state index in [2.05, 4.69) is 64.7 Å². The van der Waals surface area contributed by atoms with Crippen molar-refractivity contribution in [3.05, 3.63) is 5.82 Å². The van der Waals surface area contributed by atoms with E-state index >= 15 is 0 Å². The maximum Gasteiger partial charge on any atom is 0.168 e. The molecule has 0 spiro atoms. The van der Waals surface area contributed by atoms with Gasteiger partial charge < -0.3 is 4.90 Å². The molecule has 1 fully saturated rings. The normalized spacial score (nSPS) is 18.7. The van der Waals surface area contributed by atoms with Gasteiger partial charge in [-0.1, -0.05) is 26.7 Å². The summed E-state index contributed by atoms with van der Waals surface area (Å²) in [4.78, 5) is 4.97. The van der Waals surface area contributed by atoms with Crippen molar-refractivity contribution < 1.29 is 0 Å². The minimum atomic E-state index is -0.0319. The molecule has 0 saturated carbocycles. The van der Waals surface area contributed by atoms with Gasteiger partial charge in [0.05, 0.1) is 11.6 Å². The molecule has 1 aliphatic rings. The third-order valence-electron chi connectivity index (χ3n) is 5.04. The fraction of sp³-hybridized carbons (Fsp3) is 0.938. The largest absolute Gasteiger partial charge is 0.304 e. The second-order valence-corrected chi connectivity index (χ2v) is 7.11. The Bertz CT molecular complexity index is 453. The average Bonchev–Trinajstić information content (AvgIpc) is 2.99. The maximum absolute atomic E-state index is 4.42. The average molecular weight is 345 g/mol. The molecule has 1 aromatic rings. The van der Waals surface area contributed by atoms with Crippen molar-refractivity contribution in [2.45, 2.75) is 65.0 Å². The van der Waals surface area contributed by atoms with Crippen molar-refractivity contribution in [1.82, 2.24) is 30.0 Å². The summed E-state index contributed by atoms with van der Waals surface area (Å²) >= 11 is 0. The number of rotatable bonds is 7. The van der Waals surface area contributed by atoms with Gasteiger partial charge in [-0.05, 0) is 44.2 Å². The Morgan fingerprint density at radius 3 is 2.35 bits per heavy atom. The van der Waals surface area contributed by atoms with E-state index in [0.29, 0.717) is 6.04 Å². The molecule has 6 nitrogen and oxygen atoms in total.